The quantitative estimate of drug-likeness (QED) is 0.741. The lowest BCUT2D eigenvalue weighted by atomic mass is 9.94. The summed E-state index contributed by atoms with van der Waals surface area (Å²) in [6.45, 7) is 7.23. The number of rotatable bonds is 7. The third-order valence-electron chi connectivity index (χ3n) is 4.33. The van der Waals surface area contributed by atoms with Crippen molar-refractivity contribution in [1.82, 2.24) is 9.78 Å². The van der Waals surface area contributed by atoms with Crippen LogP contribution in [0.3, 0.4) is 0 Å². The number of carbonyl (C=O) groups excluding carboxylic acids is 2. The Kier molecular flexibility index (Phi) is 6.15. The molecule has 2 atom stereocenters. The number of hydrogen-bond donors (Lipinski definition) is 2. The van der Waals surface area contributed by atoms with E-state index in [-0.39, 0.29) is 11.9 Å². The van der Waals surface area contributed by atoms with Crippen LogP contribution in [0.1, 0.15) is 39.3 Å². The standard InChI is InChI=1S/C19H26N4O3/c1-5-26-18(25)19(3,4)23-12-15(11-21-23)22-17(24)13(2)16(20)14-9-7-6-8-10-14/h6-13,16H,5,20H2,1-4H3,(H,22,24). The van der Waals surface area contributed by atoms with E-state index in [4.69, 9.17) is 10.5 Å². The molecule has 0 bridgehead atoms. The number of nitrogens with two attached hydrogens (primary N) is 1. The molecule has 7 nitrogen and oxygen atoms in total. The first-order valence-electron chi connectivity index (χ1n) is 8.61. The van der Waals surface area contributed by atoms with Crippen LogP contribution in [0.5, 0.6) is 0 Å². The molecule has 1 aromatic heterocycles. The maximum absolute atomic E-state index is 12.5. The van der Waals surface area contributed by atoms with E-state index in [1.165, 1.54) is 10.9 Å². The van der Waals surface area contributed by atoms with Gasteiger partial charge in [0.25, 0.3) is 0 Å². The van der Waals surface area contributed by atoms with Gasteiger partial charge in [-0.25, -0.2) is 4.79 Å². The number of carbonyl (C=O) groups is 2. The molecule has 0 saturated heterocycles. The van der Waals surface area contributed by atoms with Gasteiger partial charge in [0, 0.05) is 12.2 Å². The molecular weight excluding hydrogens is 332 g/mol. The third-order valence-corrected chi connectivity index (χ3v) is 4.33. The second kappa shape index (κ2) is 8.14. The molecular formula is C19H26N4O3. The van der Waals surface area contributed by atoms with Crippen LogP contribution in [-0.2, 0) is 19.9 Å². The van der Waals surface area contributed by atoms with E-state index in [2.05, 4.69) is 10.4 Å². The Morgan fingerprint density at radius 1 is 1.31 bits per heavy atom. The van der Waals surface area contributed by atoms with E-state index in [0.717, 1.165) is 5.56 Å². The van der Waals surface area contributed by atoms with Gasteiger partial charge >= 0.3 is 5.97 Å². The van der Waals surface area contributed by atoms with Gasteiger partial charge in [-0.1, -0.05) is 37.3 Å². The van der Waals surface area contributed by atoms with Crippen LogP contribution in [0.2, 0.25) is 0 Å². The highest BCUT2D eigenvalue weighted by atomic mass is 16.5. The Hall–Kier alpha value is -2.67. The van der Waals surface area contributed by atoms with E-state index in [9.17, 15) is 9.59 Å². The predicted octanol–water partition coefficient (Wildman–Crippen LogP) is 2.46. The minimum atomic E-state index is -0.967. The monoisotopic (exact) mass is 358 g/mol. The molecule has 7 heteroatoms. The fourth-order valence-corrected chi connectivity index (χ4v) is 2.48. The highest BCUT2D eigenvalue weighted by Crippen LogP contribution is 2.22. The van der Waals surface area contributed by atoms with Gasteiger partial charge in [-0.2, -0.15) is 5.10 Å². The largest absolute Gasteiger partial charge is 0.464 e. The molecule has 2 aromatic rings. The fraction of sp³-hybridized carbons (Fsp3) is 0.421. The number of amides is 1. The smallest absolute Gasteiger partial charge is 0.333 e. The van der Waals surface area contributed by atoms with Crippen LogP contribution in [0.25, 0.3) is 0 Å². The molecule has 26 heavy (non-hydrogen) atoms. The van der Waals surface area contributed by atoms with Gasteiger partial charge < -0.3 is 15.8 Å². The van der Waals surface area contributed by atoms with E-state index in [1.54, 1.807) is 33.9 Å². The molecule has 0 fully saturated rings. The lowest BCUT2D eigenvalue weighted by Crippen LogP contribution is -2.37. The number of anilines is 1. The zero-order chi connectivity index (χ0) is 19.3. The molecule has 0 aliphatic rings. The van der Waals surface area contributed by atoms with Crippen molar-refractivity contribution in [3.63, 3.8) is 0 Å². The van der Waals surface area contributed by atoms with Gasteiger partial charge in [0.2, 0.25) is 5.91 Å². The molecule has 2 unspecified atom stereocenters. The minimum absolute atomic E-state index is 0.213. The molecule has 1 aromatic carbocycles. The Morgan fingerprint density at radius 3 is 2.58 bits per heavy atom. The summed E-state index contributed by atoms with van der Waals surface area (Å²) in [5.41, 5.74) is 6.63. The first-order valence-corrected chi connectivity index (χ1v) is 8.61. The van der Waals surface area contributed by atoms with Crippen LogP contribution in [0.4, 0.5) is 5.69 Å². The molecule has 0 spiro atoms. The van der Waals surface area contributed by atoms with Crippen LogP contribution in [-0.4, -0.2) is 28.3 Å². The lowest BCUT2D eigenvalue weighted by Gasteiger charge is -2.22. The highest BCUT2D eigenvalue weighted by Gasteiger charge is 2.32. The van der Waals surface area contributed by atoms with E-state index in [1.807, 2.05) is 30.3 Å². The average Bonchev–Trinajstić information content (AvgIpc) is 3.10. The van der Waals surface area contributed by atoms with Crippen molar-refractivity contribution in [1.29, 1.82) is 0 Å². The summed E-state index contributed by atoms with van der Waals surface area (Å²) < 4.78 is 6.54. The number of nitrogens with one attached hydrogen (secondary N) is 1. The summed E-state index contributed by atoms with van der Waals surface area (Å²) in [6.07, 6.45) is 3.11. The zero-order valence-electron chi connectivity index (χ0n) is 15.6. The van der Waals surface area contributed by atoms with Crippen molar-refractivity contribution in [3.8, 4) is 0 Å². The van der Waals surface area contributed by atoms with Crippen LogP contribution >= 0.6 is 0 Å². The van der Waals surface area contributed by atoms with Crippen LogP contribution in [0.15, 0.2) is 42.7 Å². The van der Waals surface area contributed by atoms with E-state index >= 15 is 0 Å². The number of hydrogen-bond acceptors (Lipinski definition) is 5. The third kappa shape index (κ3) is 4.29. The molecule has 0 aliphatic heterocycles. The summed E-state index contributed by atoms with van der Waals surface area (Å²) in [7, 11) is 0. The second-order valence-corrected chi connectivity index (χ2v) is 6.67. The second-order valence-electron chi connectivity index (χ2n) is 6.67. The summed E-state index contributed by atoms with van der Waals surface area (Å²) in [4.78, 5) is 24.6. The van der Waals surface area contributed by atoms with Gasteiger partial charge in [0.1, 0.15) is 0 Å². The number of esters is 1. The highest BCUT2D eigenvalue weighted by molar-refractivity contribution is 5.92. The molecule has 0 saturated carbocycles. The number of benzene rings is 1. The van der Waals surface area contributed by atoms with Crippen molar-refractivity contribution in [2.45, 2.75) is 39.3 Å². The molecule has 140 valence electrons. The Balaban J connectivity index is 2.06. The maximum atomic E-state index is 12.5. The van der Waals surface area contributed by atoms with Crippen molar-refractivity contribution in [2.24, 2.45) is 11.7 Å². The Bertz CT molecular complexity index is 755. The molecule has 0 radical (unpaired) electrons. The fourth-order valence-electron chi connectivity index (χ4n) is 2.48. The number of ether oxygens (including phenoxy) is 1. The molecule has 2 rings (SSSR count). The molecule has 1 heterocycles. The summed E-state index contributed by atoms with van der Waals surface area (Å²) in [5, 5.41) is 6.98. The average molecular weight is 358 g/mol. The number of nitrogens with zero attached hydrogens (tertiary/aromatic N) is 2. The van der Waals surface area contributed by atoms with Gasteiger partial charge in [-0.05, 0) is 26.3 Å². The zero-order valence-corrected chi connectivity index (χ0v) is 15.6. The molecule has 0 aliphatic carbocycles. The van der Waals surface area contributed by atoms with Crippen molar-refractivity contribution in [3.05, 3.63) is 48.3 Å². The topological polar surface area (TPSA) is 99.2 Å². The Labute approximate surface area is 153 Å². The maximum Gasteiger partial charge on any atom is 0.333 e. The summed E-state index contributed by atoms with van der Waals surface area (Å²) >= 11 is 0. The van der Waals surface area contributed by atoms with Crippen LogP contribution < -0.4 is 11.1 Å². The van der Waals surface area contributed by atoms with Crippen molar-refractivity contribution in [2.75, 3.05) is 11.9 Å². The number of aromatic nitrogens is 2. The summed E-state index contributed by atoms with van der Waals surface area (Å²) in [6, 6.07) is 9.06. The molecule has 3 N–H and O–H groups in total. The first-order chi connectivity index (χ1) is 12.3. The predicted molar refractivity (Wildman–Crippen MR) is 99.3 cm³/mol. The lowest BCUT2D eigenvalue weighted by molar-refractivity contribution is -0.152. The SMILES string of the molecule is CCOC(=O)C(C)(C)n1cc(NC(=O)C(C)C(N)c2ccccc2)cn1. The van der Waals surface area contributed by atoms with Gasteiger partial charge in [0.05, 0.1) is 24.4 Å². The first kappa shape index (κ1) is 19.7. The van der Waals surface area contributed by atoms with Crippen molar-refractivity contribution >= 4 is 17.6 Å². The Morgan fingerprint density at radius 2 is 1.96 bits per heavy atom. The normalized spacial score (nSPS) is 13.7. The van der Waals surface area contributed by atoms with Gasteiger partial charge in [-0.15, -0.1) is 0 Å². The molecule has 1 amide bonds. The summed E-state index contributed by atoms with van der Waals surface area (Å²) in [5.74, 6) is -1.03. The minimum Gasteiger partial charge on any atom is -0.464 e. The van der Waals surface area contributed by atoms with Crippen molar-refractivity contribution < 1.29 is 14.3 Å². The van der Waals surface area contributed by atoms with Gasteiger partial charge in [0.15, 0.2) is 5.54 Å². The van der Waals surface area contributed by atoms with Crippen LogP contribution in [0, 0.1) is 5.92 Å². The van der Waals surface area contributed by atoms with Gasteiger partial charge in [-0.3, -0.25) is 9.48 Å². The van der Waals surface area contributed by atoms with E-state index in [0.29, 0.717) is 12.3 Å². The van der Waals surface area contributed by atoms with E-state index < -0.39 is 17.5 Å².